The SMILES string of the molecule is CC(c1ccccc1F)N(C(=O)C1CCCN(C(=O)c2ccc(Cl)cc2)C1)C1CC1. The molecule has 2 aromatic carbocycles. The van der Waals surface area contributed by atoms with Crippen LogP contribution >= 0.6 is 11.6 Å². The molecule has 1 heterocycles. The van der Waals surface area contributed by atoms with Gasteiger partial charge in [-0.3, -0.25) is 9.59 Å². The van der Waals surface area contributed by atoms with Gasteiger partial charge in [-0.15, -0.1) is 0 Å². The third-order valence-electron chi connectivity index (χ3n) is 6.12. The monoisotopic (exact) mass is 428 g/mol. The number of amides is 2. The molecule has 0 N–H and O–H groups in total. The van der Waals surface area contributed by atoms with Gasteiger partial charge in [-0.1, -0.05) is 29.8 Å². The van der Waals surface area contributed by atoms with Gasteiger partial charge in [-0.2, -0.15) is 0 Å². The van der Waals surface area contributed by atoms with Crippen LogP contribution in [0.2, 0.25) is 5.02 Å². The molecule has 4 rings (SSSR count). The van der Waals surface area contributed by atoms with Gasteiger partial charge in [-0.05, 0) is 62.9 Å². The first kappa shape index (κ1) is 20.9. The second-order valence-electron chi connectivity index (χ2n) is 8.27. The van der Waals surface area contributed by atoms with Crippen LogP contribution in [0.3, 0.4) is 0 Å². The molecule has 6 heteroatoms. The number of carbonyl (C=O) groups excluding carboxylic acids is 2. The summed E-state index contributed by atoms with van der Waals surface area (Å²) in [6.45, 7) is 2.93. The van der Waals surface area contributed by atoms with Crippen molar-refractivity contribution in [2.75, 3.05) is 13.1 Å². The van der Waals surface area contributed by atoms with Gasteiger partial charge >= 0.3 is 0 Å². The topological polar surface area (TPSA) is 40.6 Å². The minimum Gasteiger partial charge on any atom is -0.338 e. The summed E-state index contributed by atoms with van der Waals surface area (Å²) in [6.07, 6.45) is 3.42. The maximum Gasteiger partial charge on any atom is 0.253 e. The van der Waals surface area contributed by atoms with Crippen LogP contribution in [-0.4, -0.2) is 40.7 Å². The van der Waals surface area contributed by atoms with E-state index < -0.39 is 0 Å². The minimum absolute atomic E-state index is 0.0295. The molecule has 1 aliphatic carbocycles. The van der Waals surface area contributed by atoms with Gasteiger partial charge in [0, 0.05) is 35.3 Å². The molecule has 2 fully saturated rings. The van der Waals surface area contributed by atoms with Crippen molar-refractivity contribution in [3.8, 4) is 0 Å². The minimum atomic E-state index is -0.325. The number of nitrogens with zero attached hydrogens (tertiary/aromatic N) is 2. The van der Waals surface area contributed by atoms with Crippen LogP contribution in [0.1, 0.15) is 54.6 Å². The molecular formula is C24H26ClFN2O2. The van der Waals surface area contributed by atoms with Gasteiger partial charge in [0.15, 0.2) is 0 Å². The van der Waals surface area contributed by atoms with Crippen molar-refractivity contribution in [3.05, 3.63) is 70.5 Å². The molecule has 1 saturated heterocycles. The van der Waals surface area contributed by atoms with Gasteiger partial charge in [-0.25, -0.2) is 4.39 Å². The van der Waals surface area contributed by atoms with Gasteiger partial charge in [0.25, 0.3) is 5.91 Å². The first-order valence-electron chi connectivity index (χ1n) is 10.6. The number of hydrogen-bond acceptors (Lipinski definition) is 2. The Kier molecular flexibility index (Phi) is 6.09. The van der Waals surface area contributed by atoms with Crippen LogP contribution < -0.4 is 0 Å². The first-order valence-corrected chi connectivity index (χ1v) is 10.9. The Labute approximate surface area is 181 Å². The standard InChI is InChI=1S/C24H26ClFN2O2/c1-16(21-6-2-3-7-22(21)26)28(20-12-13-20)24(30)18-5-4-14-27(15-18)23(29)17-8-10-19(25)11-9-17/h2-3,6-11,16,18,20H,4-5,12-15H2,1H3. The smallest absolute Gasteiger partial charge is 0.253 e. The van der Waals surface area contributed by atoms with E-state index in [1.54, 1.807) is 47.4 Å². The molecule has 2 unspecified atom stereocenters. The van der Waals surface area contributed by atoms with Crippen LogP contribution in [0.25, 0.3) is 0 Å². The van der Waals surface area contributed by atoms with E-state index in [9.17, 15) is 14.0 Å². The Morgan fingerprint density at radius 3 is 2.47 bits per heavy atom. The number of piperidine rings is 1. The molecule has 0 spiro atoms. The normalized spacial score (nSPS) is 20.0. The molecule has 0 aromatic heterocycles. The van der Waals surface area contributed by atoms with Gasteiger partial charge in [0.2, 0.25) is 5.91 Å². The van der Waals surface area contributed by atoms with Crippen molar-refractivity contribution in [3.63, 3.8) is 0 Å². The van der Waals surface area contributed by atoms with E-state index in [4.69, 9.17) is 11.6 Å². The number of rotatable bonds is 5. The zero-order valence-corrected chi connectivity index (χ0v) is 17.8. The lowest BCUT2D eigenvalue weighted by Gasteiger charge is -2.37. The Bertz CT molecular complexity index is 929. The molecule has 1 saturated carbocycles. The van der Waals surface area contributed by atoms with Crippen molar-refractivity contribution in [1.29, 1.82) is 0 Å². The fourth-order valence-corrected chi connectivity index (χ4v) is 4.48. The molecule has 2 aromatic rings. The molecule has 30 heavy (non-hydrogen) atoms. The van der Waals surface area contributed by atoms with Crippen molar-refractivity contribution >= 4 is 23.4 Å². The number of halogens is 2. The van der Waals surface area contributed by atoms with E-state index >= 15 is 0 Å². The maximum atomic E-state index is 14.4. The highest BCUT2D eigenvalue weighted by atomic mass is 35.5. The molecule has 2 atom stereocenters. The second-order valence-corrected chi connectivity index (χ2v) is 8.71. The van der Waals surface area contributed by atoms with E-state index in [0.717, 1.165) is 25.7 Å². The van der Waals surface area contributed by atoms with Crippen molar-refractivity contribution in [2.24, 2.45) is 5.92 Å². The summed E-state index contributed by atoms with van der Waals surface area (Å²) in [5.74, 6) is -0.595. The zero-order valence-electron chi connectivity index (χ0n) is 17.1. The van der Waals surface area contributed by atoms with E-state index in [1.807, 2.05) is 11.8 Å². The summed E-state index contributed by atoms with van der Waals surface area (Å²) < 4.78 is 14.4. The highest BCUT2D eigenvalue weighted by Gasteiger charge is 2.41. The van der Waals surface area contributed by atoms with Crippen LogP contribution in [-0.2, 0) is 4.79 Å². The zero-order chi connectivity index (χ0) is 21.3. The van der Waals surface area contributed by atoms with Crippen LogP contribution in [0.4, 0.5) is 4.39 Å². The summed E-state index contributed by atoms with van der Waals surface area (Å²) in [4.78, 5) is 30.0. The van der Waals surface area contributed by atoms with E-state index in [-0.39, 0.29) is 35.6 Å². The maximum absolute atomic E-state index is 14.4. The molecule has 4 nitrogen and oxygen atoms in total. The van der Waals surface area contributed by atoms with E-state index in [1.165, 1.54) is 6.07 Å². The van der Waals surface area contributed by atoms with Gasteiger partial charge in [0.05, 0.1) is 12.0 Å². The third kappa shape index (κ3) is 4.36. The molecule has 0 radical (unpaired) electrons. The number of hydrogen-bond donors (Lipinski definition) is 0. The quantitative estimate of drug-likeness (QED) is 0.666. The lowest BCUT2D eigenvalue weighted by molar-refractivity contribution is -0.140. The molecule has 1 aliphatic heterocycles. The number of benzene rings is 2. The summed E-state index contributed by atoms with van der Waals surface area (Å²) in [5, 5.41) is 0.584. The highest BCUT2D eigenvalue weighted by Crippen LogP contribution is 2.37. The van der Waals surface area contributed by atoms with Gasteiger partial charge < -0.3 is 9.80 Å². The highest BCUT2D eigenvalue weighted by molar-refractivity contribution is 6.30. The third-order valence-corrected chi connectivity index (χ3v) is 6.37. The van der Waals surface area contributed by atoms with Crippen molar-refractivity contribution in [2.45, 2.75) is 44.7 Å². The average Bonchev–Trinajstić information content (AvgIpc) is 3.59. The molecular weight excluding hydrogens is 403 g/mol. The number of carbonyl (C=O) groups is 2. The van der Waals surface area contributed by atoms with Crippen LogP contribution in [0.15, 0.2) is 48.5 Å². The summed E-state index contributed by atoms with van der Waals surface area (Å²) in [5.41, 5.74) is 1.12. The summed E-state index contributed by atoms with van der Waals surface area (Å²) >= 11 is 5.93. The summed E-state index contributed by atoms with van der Waals surface area (Å²) in [6, 6.07) is 13.3. The largest absolute Gasteiger partial charge is 0.338 e. The Balaban J connectivity index is 1.50. The van der Waals surface area contributed by atoms with E-state index in [2.05, 4.69) is 0 Å². The Hall–Kier alpha value is -2.40. The second kappa shape index (κ2) is 8.76. The molecule has 0 bridgehead atoms. The Morgan fingerprint density at radius 2 is 1.80 bits per heavy atom. The fraction of sp³-hybridized carbons (Fsp3) is 0.417. The van der Waals surface area contributed by atoms with Crippen molar-refractivity contribution < 1.29 is 14.0 Å². The van der Waals surface area contributed by atoms with Crippen molar-refractivity contribution in [1.82, 2.24) is 9.80 Å². The number of likely N-dealkylation sites (tertiary alicyclic amines) is 1. The lowest BCUT2D eigenvalue weighted by atomic mass is 9.94. The fourth-order valence-electron chi connectivity index (χ4n) is 4.35. The molecule has 2 aliphatic rings. The predicted molar refractivity (Wildman–Crippen MR) is 115 cm³/mol. The first-order chi connectivity index (χ1) is 14.5. The van der Waals surface area contributed by atoms with E-state index in [0.29, 0.717) is 29.2 Å². The Morgan fingerprint density at radius 1 is 1.10 bits per heavy atom. The average molecular weight is 429 g/mol. The van der Waals surface area contributed by atoms with Crippen LogP contribution in [0.5, 0.6) is 0 Å². The molecule has 2 amide bonds. The predicted octanol–water partition coefficient (Wildman–Crippen LogP) is 5.08. The van der Waals surface area contributed by atoms with Crippen LogP contribution in [0, 0.1) is 11.7 Å². The van der Waals surface area contributed by atoms with Gasteiger partial charge in [0.1, 0.15) is 5.82 Å². The molecule has 158 valence electrons. The lowest BCUT2D eigenvalue weighted by Crippen LogP contribution is -2.48. The summed E-state index contributed by atoms with van der Waals surface area (Å²) in [7, 11) is 0.